The normalized spacial score (nSPS) is 14.4. The van der Waals surface area contributed by atoms with Crippen molar-refractivity contribution in [3.05, 3.63) is 54.0 Å². The molecule has 0 saturated heterocycles. The van der Waals surface area contributed by atoms with Crippen molar-refractivity contribution >= 4 is 35.0 Å². The lowest BCUT2D eigenvalue weighted by Gasteiger charge is -2.29. The number of nitrogens with two attached hydrogens (primary N) is 1. The molecule has 0 saturated carbocycles. The smallest absolute Gasteiger partial charge is 0.393 e. The summed E-state index contributed by atoms with van der Waals surface area (Å²) in [5.74, 6) is 0.140. The molecule has 3 heterocycles. The van der Waals surface area contributed by atoms with Crippen molar-refractivity contribution in [3.63, 3.8) is 0 Å². The van der Waals surface area contributed by atoms with Crippen LogP contribution in [0.25, 0.3) is 28.3 Å². The summed E-state index contributed by atoms with van der Waals surface area (Å²) in [6.07, 6.45) is -0.240. The number of nitrogens with zero attached hydrogens (tertiary/aromatic N) is 5. The number of aliphatic hydroxyl groups is 2. The molecule has 14 heteroatoms. The minimum atomic E-state index is -5.07. The zero-order chi connectivity index (χ0) is 25.1. The third-order valence-corrected chi connectivity index (χ3v) is 5.75. The molecule has 1 aromatic carbocycles. The SMILES string of the molecule is BC(B)(B)n1nccc1-c1cn2c(-c3cc(C(O)(CO)C(F)(F)F)ccc3C)cnc2c(N)n1. The number of aryl methyl sites for hydroxylation is 1. The van der Waals surface area contributed by atoms with E-state index in [-0.39, 0.29) is 11.1 Å². The van der Waals surface area contributed by atoms with E-state index in [0.717, 1.165) is 6.07 Å². The number of imidazole rings is 1. The first-order chi connectivity index (χ1) is 15.8. The van der Waals surface area contributed by atoms with Gasteiger partial charge in [0.05, 0.1) is 24.2 Å². The standard InChI is InChI=1S/C20H22B3F3N6O2/c1-10-2-3-11(18(34,9-33)19(24,25)26)6-12(10)15-7-28-17-16(27)30-13(8-31(15)17)14-4-5-29-32(14)20(21,22)23/h2-8,33-34H,9,21-23H2,1H3,(H2,27,30). The van der Waals surface area contributed by atoms with Crippen molar-refractivity contribution in [2.24, 2.45) is 0 Å². The number of aromatic nitrogens is 5. The van der Waals surface area contributed by atoms with Crippen LogP contribution in [0.2, 0.25) is 0 Å². The third kappa shape index (κ3) is 3.76. The molecule has 1 unspecified atom stereocenters. The van der Waals surface area contributed by atoms with Crippen molar-refractivity contribution in [3.8, 4) is 22.6 Å². The van der Waals surface area contributed by atoms with Crippen molar-refractivity contribution in [2.45, 2.75) is 23.9 Å². The van der Waals surface area contributed by atoms with Crippen molar-refractivity contribution in [2.75, 3.05) is 12.3 Å². The number of rotatable bonds is 5. The summed E-state index contributed by atoms with van der Waals surface area (Å²) in [5, 5.41) is 23.7. The van der Waals surface area contributed by atoms with Crippen molar-refractivity contribution < 1.29 is 23.4 Å². The lowest BCUT2D eigenvalue weighted by Crippen LogP contribution is -2.45. The summed E-state index contributed by atoms with van der Waals surface area (Å²) in [6, 6.07) is 5.61. The van der Waals surface area contributed by atoms with E-state index in [1.165, 1.54) is 18.3 Å². The van der Waals surface area contributed by atoms with E-state index in [1.807, 2.05) is 23.5 Å². The van der Waals surface area contributed by atoms with E-state index >= 15 is 0 Å². The first-order valence-electron chi connectivity index (χ1n) is 10.5. The fourth-order valence-electron chi connectivity index (χ4n) is 3.87. The Hall–Kier alpha value is -3.25. The molecule has 0 aliphatic rings. The molecule has 174 valence electrons. The largest absolute Gasteiger partial charge is 0.423 e. The molecule has 0 spiro atoms. The Balaban J connectivity index is 1.93. The number of nitrogen functional groups attached to an aromatic ring is 1. The quantitative estimate of drug-likeness (QED) is 0.336. The van der Waals surface area contributed by atoms with Gasteiger partial charge in [-0.1, -0.05) is 12.1 Å². The van der Waals surface area contributed by atoms with Gasteiger partial charge in [0, 0.05) is 18.0 Å². The van der Waals surface area contributed by atoms with Gasteiger partial charge in [0.2, 0.25) is 5.60 Å². The number of alkyl halides is 3. The van der Waals surface area contributed by atoms with Crippen LogP contribution in [0.3, 0.4) is 0 Å². The maximum Gasteiger partial charge on any atom is 0.423 e. The van der Waals surface area contributed by atoms with E-state index in [9.17, 15) is 23.4 Å². The van der Waals surface area contributed by atoms with Crippen LogP contribution < -0.4 is 5.73 Å². The number of hydrogen-bond acceptors (Lipinski definition) is 6. The summed E-state index contributed by atoms with van der Waals surface area (Å²) in [4.78, 5) is 8.77. The lowest BCUT2D eigenvalue weighted by molar-refractivity contribution is -0.277. The van der Waals surface area contributed by atoms with Gasteiger partial charge in [0.15, 0.2) is 11.5 Å². The Bertz CT molecular complexity index is 1380. The van der Waals surface area contributed by atoms with Gasteiger partial charge in [-0.2, -0.15) is 18.3 Å². The Morgan fingerprint density at radius 1 is 1.12 bits per heavy atom. The van der Waals surface area contributed by atoms with Gasteiger partial charge in [-0.25, -0.2) is 9.97 Å². The van der Waals surface area contributed by atoms with E-state index in [1.54, 1.807) is 34.5 Å². The van der Waals surface area contributed by atoms with Crippen LogP contribution in [-0.2, 0) is 10.8 Å². The number of aliphatic hydroxyl groups excluding tert-OH is 1. The van der Waals surface area contributed by atoms with Crippen LogP contribution in [0.1, 0.15) is 11.1 Å². The Kier molecular flexibility index (Phi) is 5.56. The second-order valence-electron chi connectivity index (χ2n) is 9.19. The molecule has 0 fully saturated rings. The zero-order valence-electron chi connectivity index (χ0n) is 19.1. The highest BCUT2D eigenvalue weighted by atomic mass is 19.4. The first-order valence-corrected chi connectivity index (χ1v) is 10.5. The van der Waals surface area contributed by atoms with E-state index in [4.69, 9.17) is 5.73 Å². The van der Waals surface area contributed by atoms with E-state index in [0.29, 0.717) is 33.9 Å². The summed E-state index contributed by atoms with van der Waals surface area (Å²) in [7, 11) is 5.98. The lowest BCUT2D eigenvalue weighted by atomic mass is 9.49. The van der Waals surface area contributed by atoms with E-state index in [2.05, 4.69) is 15.1 Å². The van der Waals surface area contributed by atoms with Gasteiger partial charge in [-0.15, -0.1) is 0 Å². The van der Waals surface area contributed by atoms with Crippen LogP contribution >= 0.6 is 0 Å². The molecule has 8 nitrogen and oxygen atoms in total. The number of anilines is 1. The van der Waals surface area contributed by atoms with Gasteiger partial charge in [-0.3, -0.25) is 9.08 Å². The second kappa shape index (κ2) is 7.91. The Morgan fingerprint density at radius 2 is 1.82 bits per heavy atom. The number of hydrogen-bond donors (Lipinski definition) is 3. The molecule has 4 rings (SSSR count). The van der Waals surface area contributed by atoms with Gasteiger partial charge in [0.1, 0.15) is 29.2 Å². The molecule has 34 heavy (non-hydrogen) atoms. The maximum atomic E-state index is 13.6. The van der Waals surface area contributed by atoms with Gasteiger partial charge in [0.25, 0.3) is 0 Å². The summed E-state index contributed by atoms with van der Waals surface area (Å²) >= 11 is 0. The molecule has 1 atom stereocenters. The van der Waals surface area contributed by atoms with Gasteiger partial charge in [-0.05, 0) is 35.4 Å². The number of fused-ring (bicyclic) bond motifs is 1. The minimum Gasteiger partial charge on any atom is -0.393 e. The molecule has 3 aromatic heterocycles. The predicted molar refractivity (Wildman–Crippen MR) is 129 cm³/mol. The third-order valence-electron chi connectivity index (χ3n) is 5.75. The fraction of sp³-hybridized carbons (Fsp3) is 0.250. The van der Waals surface area contributed by atoms with Crippen LogP contribution in [0.4, 0.5) is 19.0 Å². The average Bonchev–Trinajstić information content (AvgIpc) is 3.40. The molecule has 4 N–H and O–H groups in total. The predicted octanol–water partition coefficient (Wildman–Crippen LogP) is -0.640. The van der Waals surface area contributed by atoms with Crippen LogP contribution in [0.15, 0.2) is 42.9 Å². The Morgan fingerprint density at radius 3 is 2.44 bits per heavy atom. The van der Waals surface area contributed by atoms with E-state index < -0.39 is 23.9 Å². The number of benzene rings is 1. The van der Waals surface area contributed by atoms with Crippen molar-refractivity contribution in [1.29, 1.82) is 0 Å². The molecule has 0 amide bonds. The van der Waals surface area contributed by atoms with Crippen LogP contribution in [0, 0.1) is 6.92 Å². The molecule has 0 radical (unpaired) electrons. The van der Waals surface area contributed by atoms with Gasteiger partial charge < -0.3 is 15.9 Å². The molecule has 4 aromatic rings. The van der Waals surface area contributed by atoms with Crippen molar-refractivity contribution in [1.82, 2.24) is 24.1 Å². The zero-order valence-corrected chi connectivity index (χ0v) is 19.1. The Labute approximate surface area is 195 Å². The first kappa shape index (κ1) is 23.9. The highest BCUT2D eigenvalue weighted by molar-refractivity contribution is 6.56. The summed E-state index contributed by atoms with van der Waals surface area (Å²) in [6.45, 7) is 0.216. The van der Waals surface area contributed by atoms with Gasteiger partial charge >= 0.3 is 6.18 Å². The molecule has 0 aliphatic heterocycles. The highest BCUT2D eigenvalue weighted by Gasteiger charge is 2.54. The molecule has 0 aliphatic carbocycles. The topological polar surface area (TPSA) is 114 Å². The molecular weight excluding hydrogens is 446 g/mol. The van der Waals surface area contributed by atoms with Crippen LogP contribution in [-0.4, -0.2) is 70.7 Å². The average molecular weight is 468 g/mol. The summed E-state index contributed by atoms with van der Waals surface area (Å²) in [5.41, 5.74) is 5.33. The maximum absolute atomic E-state index is 13.6. The molecular formula is C20H22B3F3N6O2. The second-order valence-corrected chi connectivity index (χ2v) is 9.19. The summed E-state index contributed by atoms with van der Waals surface area (Å²) < 4.78 is 44.1. The monoisotopic (exact) mass is 468 g/mol. The molecule has 0 bridgehead atoms. The number of halogens is 3. The fourth-order valence-corrected chi connectivity index (χ4v) is 3.87. The minimum absolute atomic E-state index is 0.140. The highest BCUT2D eigenvalue weighted by Crippen LogP contribution is 2.40. The van der Waals surface area contributed by atoms with Crippen LogP contribution in [0.5, 0.6) is 0 Å².